The molecule has 0 radical (unpaired) electrons. The second-order valence-corrected chi connectivity index (χ2v) is 6.47. The van der Waals surface area contributed by atoms with Crippen molar-refractivity contribution in [3.05, 3.63) is 54.6 Å². The average Bonchev–Trinajstić information content (AvgIpc) is 3.41. The lowest BCUT2D eigenvalue weighted by atomic mass is 10.2. The Morgan fingerprint density at radius 3 is 2.38 bits per heavy atom. The van der Waals surface area contributed by atoms with E-state index >= 15 is 0 Å². The molecule has 0 aromatic heterocycles. The van der Waals surface area contributed by atoms with E-state index in [0.29, 0.717) is 23.2 Å². The van der Waals surface area contributed by atoms with Crippen molar-refractivity contribution in [2.45, 2.75) is 18.9 Å². The van der Waals surface area contributed by atoms with E-state index in [1.807, 2.05) is 42.5 Å². The van der Waals surface area contributed by atoms with Gasteiger partial charge in [-0.1, -0.05) is 30.3 Å². The Labute approximate surface area is 153 Å². The molecule has 0 saturated heterocycles. The number of hydrogen-bond donors (Lipinski definition) is 2. The molecular weight excluding hydrogens is 330 g/mol. The summed E-state index contributed by atoms with van der Waals surface area (Å²) in [6.07, 6.45) is 2.10. The van der Waals surface area contributed by atoms with E-state index in [4.69, 9.17) is 4.74 Å². The first kappa shape index (κ1) is 17.9. The highest BCUT2D eigenvalue weighted by molar-refractivity contribution is 5.94. The molecule has 136 valence electrons. The summed E-state index contributed by atoms with van der Waals surface area (Å²) in [4.78, 5) is 25.8. The molecule has 1 aliphatic carbocycles. The Balaban J connectivity index is 1.54. The Morgan fingerprint density at radius 2 is 1.65 bits per heavy atom. The van der Waals surface area contributed by atoms with Gasteiger partial charge in [0.25, 0.3) is 0 Å². The molecule has 0 unspecified atom stereocenters. The van der Waals surface area contributed by atoms with Crippen molar-refractivity contribution in [2.75, 3.05) is 25.5 Å². The lowest BCUT2D eigenvalue weighted by molar-refractivity contribution is -0.123. The van der Waals surface area contributed by atoms with E-state index in [-0.39, 0.29) is 24.9 Å². The summed E-state index contributed by atoms with van der Waals surface area (Å²) in [6, 6.07) is 17.0. The molecule has 0 aliphatic heterocycles. The molecule has 1 aliphatic rings. The fourth-order valence-electron chi connectivity index (χ4n) is 2.51. The quantitative estimate of drug-likeness (QED) is 0.765. The van der Waals surface area contributed by atoms with Crippen LogP contribution in [0.4, 0.5) is 5.69 Å². The monoisotopic (exact) mass is 353 g/mol. The number of para-hydroxylation sites is 3. The van der Waals surface area contributed by atoms with Gasteiger partial charge in [0, 0.05) is 6.04 Å². The van der Waals surface area contributed by atoms with Gasteiger partial charge in [0.05, 0.1) is 18.8 Å². The van der Waals surface area contributed by atoms with Crippen molar-refractivity contribution in [3.63, 3.8) is 0 Å². The summed E-state index contributed by atoms with van der Waals surface area (Å²) in [5.41, 5.74) is 0.595. The van der Waals surface area contributed by atoms with E-state index in [1.165, 1.54) is 0 Å². The highest BCUT2D eigenvalue weighted by atomic mass is 16.5. The zero-order valence-corrected chi connectivity index (χ0v) is 14.8. The Morgan fingerprint density at radius 1 is 1.00 bits per heavy atom. The van der Waals surface area contributed by atoms with E-state index in [0.717, 1.165) is 12.8 Å². The van der Waals surface area contributed by atoms with Gasteiger partial charge in [0.1, 0.15) is 5.75 Å². The molecule has 0 heterocycles. The summed E-state index contributed by atoms with van der Waals surface area (Å²) < 4.78 is 5.84. The Kier molecular flexibility index (Phi) is 5.86. The first-order valence-corrected chi connectivity index (χ1v) is 8.70. The highest BCUT2D eigenvalue weighted by Gasteiger charge is 2.23. The van der Waals surface area contributed by atoms with E-state index in [2.05, 4.69) is 10.6 Å². The number of carbonyl (C=O) groups excluding carboxylic acids is 2. The predicted molar refractivity (Wildman–Crippen MR) is 100 cm³/mol. The van der Waals surface area contributed by atoms with Crippen molar-refractivity contribution in [3.8, 4) is 11.5 Å². The molecule has 0 bridgehead atoms. The van der Waals surface area contributed by atoms with Crippen LogP contribution in [0.5, 0.6) is 11.5 Å². The van der Waals surface area contributed by atoms with Crippen molar-refractivity contribution in [1.29, 1.82) is 0 Å². The van der Waals surface area contributed by atoms with Gasteiger partial charge >= 0.3 is 0 Å². The minimum Gasteiger partial charge on any atom is -0.455 e. The number of nitrogens with zero attached hydrogens (tertiary/aromatic N) is 1. The topological polar surface area (TPSA) is 70.7 Å². The molecule has 6 nitrogen and oxygen atoms in total. The molecular formula is C20H23N3O3. The van der Waals surface area contributed by atoms with E-state index in [1.54, 1.807) is 24.1 Å². The van der Waals surface area contributed by atoms with Gasteiger partial charge in [-0.25, -0.2) is 0 Å². The number of hydrogen-bond acceptors (Lipinski definition) is 4. The number of ether oxygens (including phenoxy) is 1. The van der Waals surface area contributed by atoms with Crippen LogP contribution in [0.3, 0.4) is 0 Å². The van der Waals surface area contributed by atoms with Crippen LogP contribution in [0.15, 0.2) is 54.6 Å². The third kappa shape index (κ3) is 5.60. The van der Waals surface area contributed by atoms with Crippen LogP contribution in [0.1, 0.15) is 12.8 Å². The van der Waals surface area contributed by atoms with Crippen LogP contribution in [-0.2, 0) is 9.59 Å². The van der Waals surface area contributed by atoms with Crippen LogP contribution < -0.4 is 15.4 Å². The third-order valence-electron chi connectivity index (χ3n) is 3.90. The normalized spacial score (nSPS) is 13.3. The zero-order valence-electron chi connectivity index (χ0n) is 14.8. The molecule has 6 heteroatoms. The second kappa shape index (κ2) is 8.49. The average molecular weight is 353 g/mol. The summed E-state index contributed by atoms with van der Waals surface area (Å²) >= 11 is 0. The van der Waals surface area contributed by atoms with Crippen molar-refractivity contribution < 1.29 is 14.3 Å². The maximum atomic E-state index is 12.3. The molecule has 0 atom stereocenters. The minimum atomic E-state index is -0.198. The highest BCUT2D eigenvalue weighted by Crippen LogP contribution is 2.29. The molecule has 1 fully saturated rings. The standard InChI is InChI=1S/C20H23N3O3/c1-23(13-19(24)21-15-11-12-15)14-20(25)22-17-9-5-6-10-18(17)26-16-7-3-2-4-8-16/h2-10,15H,11-14H2,1H3,(H,21,24)(H,22,25). The number of rotatable bonds is 8. The van der Waals surface area contributed by atoms with Crippen LogP contribution >= 0.6 is 0 Å². The van der Waals surface area contributed by atoms with Gasteiger partial charge in [0.15, 0.2) is 5.75 Å². The first-order valence-electron chi connectivity index (χ1n) is 8.70. The predicted octanol–water partition coefficient (Wildman–Crippen LogP) is 2.63. The SMILES string of the molecule is CN(CC(=O)Nc1ccccc1Oc1ccccc1)CC(=O)NC1CC1. The van der Waals surface area contributed by atoms with Gasteiger partial charge in [0.2, 0.25) is 11.8 Å². The number of nitrogens with one attached hydrogen (secondary N) is 2. The summed E-state index contributed by atoms with van der Waals surface area (Å²) in [5, 5.41) is 5.76. The Hall–Kier alpha value is -2.86. The maximum absolute atomic E-state index is 12.3. The fourth-order valence-corrected chi connectivity index (χ4v) is 2.51. The Bertz CT molecular complexity index is 760. The van der Waals surface area contributed by atoms with Crippen LogP contribution in [0, 0.1) is 0 Å². The largest absolute Gasteiger partial charge is 0.455 e. The minimum absolute atomic E-state index is 0.0457. The van der Waals surface area contributed by atoms with Gasteiger partial charge < -0.3 is 15.4 Å². The number of benzene rings is 2. The maximum Gasteiger partial charge on any atom is 0.238 e. The van der Waals surface area contributed by atoms with Crippen LogP contribution in [-0.4, -0.2) is 42.9 Å². The van der Waals surface area contributed by atoms with E-state index < -0.39 is 0 Å². The van der Waals surface area contributed by atoms with Gasteiger partial charge in [-0.05, 0) is 44.2 Å². The molecule has 2 aromatic rings. The number of anilines is 1. The summed E-state index contributed by atoms with van der Waals surface area (Å²) in [5.74, 6) is 1.02. The van der Waals surface area contributed by atoms with Crippen LogP contribution in [0.2, 0.25) is 0 Å². The summed E-state index contributed by atoms with van der Waals surface area (Å²) in [6.45, 7) is 0.323. The van der Waals surface area contributed by atoms with Gasteiger partial charge in [-0.2, -0.15) is 0 Å². The smallest absolute Gasteiger partial charge is 0.238 e. The van der Waals surface area contributed by atoms with Crippen molar-refractivity contribution in [2.24, 2.45) is 0 Å². The van der Waals surface area contributed by atoms with Crippen molar-refractivity contribution in [1.82, 2.24) is 10.2 Å². The zero-order chi connectivity index (χ0) is 18.4. The molecule has 2 aromatic carbocycles. The lowest BCUT2D eigenvalue weighted by Crippen LogP contribution is -2.39. The molecule has 2 amide bonds. The molecule has 2 N–H and O–H groups in total. The van der Waals surface area contributed by atoms with Crippen LogP contribution in [0.25, 0.3) is 0 Å². The number of carbonyl (C=O) groups is 2. The third-order valence-corrected chi connectivity index (χ3v) is 3.90. The second-order valence-electron chi connectivity index (χ2n) is 6.47. The van der Waals surface area contributed by atoms with Gasteiger partial charge in [-0.15, -0.1) is 0 Å². The lowest BCUT2D eigenvalue weighted by Gasteiger charge is -2.17. The molecule has 26 heavy (non-hydrogen) atoms. The molecule has 1 saturated carbocycles. The fraction of sp³-hybridized carbons (Fsp3) is 0.300. The number of likely N-dealkylation sites (N-methyl/N-ethyl adjacent to an activating group) is 1. The number of amides is 2. The van der Waals surface area contributed by atoms with E-state index in [9.17, 15) is 9.59 Å². The van der Waals surface area contributed by atoms with Gasteiger partial charge in [-0.3, -0.25) is 14.5 Å². The van der Waals surface area contributed by atoms with Crippen molar-refractivity contribution >= 4 is 17.5 Å². The first-order chi connectivity index (χ1) is 12.6. The molecule has 0 spiro atoms. The molecule has 3 rings (SSSR count). The summed E-state index contributed by atoms with van der Waals surface area (Å²) in [7, 11) is 1.75.